The number of piperidine rings is 1. The molecule has 0 spiro atoms. The molecule has 6 fully saturated rings. The molecule has 0 aromatic heterocycles. The lowest BCUT2D eigenvalue weighted by Gasteiger charge is -2.49. The first-order valence-corrected chi connectivity index (χ1v) is 17.9. The third kappa shape index (κ3) is 5.56. The Morgan fingerprint density at radius 3 is 2.48 bits per heavy atom. The number of amides is 1. The molecule has 4 saturated heterocycles. The Hall–Kier alpha value is -0.250. The lowest BCUT2D eigenvalue weighted by atomic mass is 9.75. The van der Waals surface area contributed by atoms with Crippen molar-refractivity contribution in [3.8, 4) is 0 Å². The lowest BCUT2D eigenvalue weighted by Crippen LogP contribution is -2.61. The van der Waals surface area contributed by atoms with E-state index < -0.39 is 0 Å². The number of nitrogens with zero attached hydrogens (tertiary/aromatic N) is 3. The molecule has 1 amide bonds. The van der Waals surface area contributed by atoms with Gasteiger partial charge in [0.2, 0.25) is 5.91 Å². The topological polar surface area (TPSA) is 60.1 Å². The second-order valence-electron chi connectivity index (χ2n) is 14.3. The number of nitrogens with one attached hydrogen (secondary N) is 2. The fourth-order valence-corrected chi connectivity index (χ4v) is 10.4. The summed E-state index contributed by atoms with van der Waals surface area (Å²) in [6, 6.07) is 2.67. The van der Waals surface area contributed by atoms with E-state index in [2.05, 4.69) is 69.2 Å². The molecule has 2 aliphatic carbocycles. The Kier molecular flexibility index (Phi) is 9.52. The van der Waals surface area contributed by atoms with Gasteiger partial charge in [-0.3, -0.25) is 20.4 Å². The minimum atomic E-state index is 0.0841. The first-order chi connectivity index (χ1) is 19.4. The molecule has 40 heavy (non-hydrogen) atoms. The van der Waals surface area contributed by atoms with Crippen molar-refractivity contribution >= 4 is 21.8 Å². The molecular formula is C32H56BrN5O2. The largest absolute Gasteiger partial charge is 0.377 e. The predicted molar refractivity (Wildman–Crippen MR) is 164 cm³/mol. The second-order valence-corrected chi connectivity index (χ2v) is 15.5. The van der Waals surface area contributed by atoms with Crippen molar-refractivity contribution < 1.29 is 9.53 Å². The minimum Gasteiger partial charge on any atom is -0.377 e. The molecule has 4 heterocycles. The fraction of sp³-hybridized carbons (Fsp3) is 0.969. The number of hydrogen-bond acceptors (Lipinski definition) is 6. The molecule has 0 aromatic carbocycles. The molecule has 9 atom stereocenters. The van der Waals surface area contributed by atoms with Crippen LogP contribution in [0.3, 0.4) is 0 Å². The van der Waals surface area contributed by atoms with Crippen LogP contribution < -0.4 is 10.7 Å². The number of rotatable bonds is 8. The van der Waals surface area contributed by atoms with Gasteiger partial charge in [-0.1, -0.05) is 50.0 Å². The quantitative estimate of drug-likeness (QED) is 0.382. The molecule has 8 heteroatoms. The smallest absolute Gasteiger partial charge is 0.227 e. The second kappa shape index (κ2) is 12.8. The Morgan fingerprint density at radius 2 is 1.82 bits per heavy atom. The van der Waals surface area contributed by atoms with Crippen molar-refractivity contribution in [3.63, 3.8) is 0 Å². The number of fused-ring (bicyclic) bond motifs is 2. The Bertz CT molecular complexity index is 864. The van der Waals surface area contributed by atoms with Crippen LogP contribution in [0.4, 0.5) is 0 Å². The van der Waals surface area contributed by atoms with E-state index in [-0.39, 0.29) is 12.0 Å². The highest BCUT2D eigenvalue weighted by Gasteiger charge is 2.55. The van der Waals surface area contributed by atoms with Crippen molar-refractivity contribution in [3.05, 3.63) is 0 Å². The molecular weight excluding hydrogens is 566 g/mol. The molecule has 9 unspecified atom stereocenters. The lowest BCUT2D eigenvalue weighted by molar-refractivity contribution is -0.146. The van der Waals surface area contributed by atoms with Crippen LogP contribution >= 0.6 is 15.9 Å². The number of halogens is 1. The van der Waals surface area contributed by atoms with E-state index in [1.807, 2.05) is 0 Å². The molecule has 7 nitrogen and oxygen atoms in total. The van der Waals surface area contributed by atoms with Crippen LogP contribution in [0.15, 0.2) is 0 Å². The monoisotopic (exact) mass is 621 g/mol. The Morgan fingerprint density at radius 1 is 1.05 bits per heavy atom. The third-order valence-electron chi connectivity index (χ3n) is 11.9. The van der Waals surface area contributed by atoms with Crippen molar-refractivity contribution in [2.45, 2.75) is 146 Å². The van der Waals surface area contributed by atoms with Gasteiger partial charge in [-0.05, 0) is 76.0 Å². The van der Waals surface area contributed by atoms with Crippen LogP contribution in [0.2, 0.25) is 0 Å². The number of ether oxygens (including phenoxy) is 1. The van der Waals surface area contributed by atoms with Gasteiger partial charge >= 0.3 is 0 Å². The molecule has 2 N–H and O–H groups in total. The third-order valence-corrected chi connectivity index (χ3v) is 12.9. The number of likely N-dealkylation sites (tertiary alicyclic amines) is 1. The van der Waals surface area contributed by atoms with Gasteiger partial charge in [0.1, 0.15) is 0 Å². The maximum absolute atomic E-state index is 14.6. The zero-order valence-corrected chi connectivity index (χ0v) is 27.2. The van der Waals surface area contributed by atoms with E-state index in [4.69, 9.17) is 4.74 Å². The van der Waals surface area contributed by atoms with Crippen molar-refractivity contribution in [1.29, 1.82) is 0 Å². The van der Waals surface area contributed by atoms with Crippen LogP contribution in [0.5, 0.6) is 0 Å². The summed E-state index contributed by atoms with van der Waals surface area (Å²) < 4.78 is 5.82. The van der Waals surface area contributed by atoms with Gasteiger partial charge in [-0.15, -0.1) is 0 Å². The summed E-state index contributed by atoms with van der Waals surface area (Å²) >= 11 is 3.98. The summed E-state index contributed by atoms with van der Waals surface area (Å²) in [5.74, 6) is 2.76. The van der Waals surface area contributed by atoms with Crippen LogP contribution in [-0.2, 0) is 9.53 Å². The first kappa shape index (κ1) is 29.8. The van der Waals surface area contributed by atoms with Gasteiger partial charge in [0, 0.05) is 73.4 Å². The zero-order chi connectivity index (χ0) is 28.0. The van der Waals surface area contributed by atoms with Gasteiger partial charge < -0.3 is 9.64 Å². The van der Waals surface area contributed by atoms with E-state index >= 15 is 0 Å². The molecule has 0 aromatic rings. The van der Waals surface area contributed by atoms with E-state index in [1.54, 1.807) is 0 Å². The van der Waals surface area contributed by atoms with Crippen LogP contribution in [-0.4, -0.2) is 94.3 Å². The Labute approximate surface area is 252 Å². The summed E-state index contributed by atoms with van der Waals surface area (Å²) in [5.41, 5.74) is 4.09. The number of hydrogen-bond donors (Lipinski definition) is 2. The molecule has 6 rings (SSSR count). The molecule has 6 aliphatic rings. The predicted octanol–water partition coefficient (Wildman–Crippen LogP) is 4.75. The molecule has 0 radical (unpaired) electrons. The standard InChI is InChI=1S/C32H56BrN5O2/c1-5-7-26-29-27(6-2)37(16-14-28(29)38(35-26)22-10-8-21(9-11-22)20(3)4)32(39)24-12-13-25(33)30-31(24)36(19-34-30)18-23-15-17-40-23/h20-31,34-35H,5-19H2,1-4H3. The average Bonchev–Trinajstić information content (AvgIpc) is 3.53. The number of hydrazine groups is 1. The molecule has 2 saturated carbocycles. The summed E-state index contributed by atoms with van der Waals surface area (Å²) in [6.07, 6.45) is 13.5. The summed E-state index contributed by atoms with van der Waals surface area (Å²) in [5, 5.41) is 6.51. The first-order valence-electron chi connectivity index (χ1n) is 17.0. The molecule has 4 aliphatic heterocycles. The number of carbonyl (C=O) groups is 1. The highest BCUT2D eigenvalue weighted by atomic mass is 79.9. The maximum atomic E-state index is 14.6. The number of carbonyl (C=O) groups excluding carboxylic acids is 1. The van der Waals surface area contributed by atoms with E-state index in [0.717, 1.165) is 70.3 Å². The van der Waals surface area contributed by atoms with E-state index in [0.29, 0.717) is 53.0 Å². The van der Waals surface area contributed by atoms with Crippen LogP contribution in [0, 0.1) is 23.7 Å². The highest BCUT2D eigenvalue weighted by Crippen LogP contribution is 2.44. The maximum Gasteiger partial charge on any atom is 0.227 e. The van der Waals surface area contributed by atoms with Crippen LogP contribution in [0.1, 0.15) is 98.3 Å². The summed E-state index contributed by atoms with van der Waals surface area (Å²) in [7, 11) is 0. The SMILES string of the molecule is CCCC1NN(C2CCC(C(C)C)CC2)C2CCN(C(=O)C3CCC(Br)C4NCN(CC5CCO5)C34)C(CC)C12. The molecule has 0 bridgehead atoms. The van der Waals surface area contributed by atoms with Crippen molar-refractivity contribution in [2.24, 2.45) is 23.7 Å². The fourth-order valence-electron chi connectivity index (χ4n) is 9.66. The zero-order valence-electron chi connectivity index (χ0n) is 25.6. The van der Waals surface area contributed by atoms with E-state index in [9.17, 15) is 4.79 Å². The average molecular weight is 623 g/mol. The van der Waals surface area contributed by atoms with Gasteiger partial charge in [0.15, 0.2) is 0 Å². The van der Waals surface area contributed by atoms with Crippen molar-refractivity contribution in [2.75, 3.05) is 26.4 Å². The summed E-state index contributed by atoms with van der Waals surface area (Å²) in [4.78, 5) is 20.0. The van der Waals surface area contributed by atoms with Crippen LogP contribution in [0.25, 0.3) is 0 Å². The van der Waals surface area contributed by atoms with Gasteiger partial charge in [0.25, 0.3) is 0 Å². The van der Waals surface area contributed by atoms with Gasteiger partial charge in [-0.25, -0.2) is 5.01 Å². The Balaban J connectivity index is 1.19. The minimum absolute atomic E-state index is 0.0841. The van der Waals surface area contributed by atoms with Gasteiger partial charge in [0.05, 0.1) is 12.0 Å². The highest BCUT2D eigenvalue weighted by molar-refractivity contribution is 9.09. The normalized spacial score (nSPS) is 44.5. The van der Waals surface area contributed by atoms with E-state index in [1.165, 1.54) is 38.5 Å². The summed E-state index contributed by atoms with van der Waals surface area (Å²) in [6.45, 7) is 13.1. The van der Waals surface area contributed by atoms with Crippen molar-refractivity contribution in [1.82, 2.24) is 25.6 Å². The van der Waals surface area contributed by atoms with Gasteiger partial charge in [-0.2, -0.15) is 0 Å². The molecule has 228 valence electrons. The number of alkyl halides is 1.